The van der Waals surface area contributed by atoms with Crippen LogP contribution in [0.1, 0.15) is 25.7 Å². The second-order valence-electron chi connectivity index (χ2n) is 6.77. The molecule has 9 heteroatoms. The number of benzene rings is 1. The summed E-state index contributed by atoms with van der Waals surface area (Å²) in [6.07, 6.45) is 3.39. The van der Waals surface area contributed by atoms with Gasteiger partial charge in [-0.25, -0.2) is 8.78 Å². The lowest BCUT2D eigenvalue weighted by Crippen LogP contribution is -2.52. The monoisotopic (exact) mass is 355 g/mol. The highest BCUT2D eigenvalue weighted by Crippen LogP contribution is 2.35. The van der Waals surface area contributed by atoms with Gasteiger partial charge in [0.2, 0.25) is 0 Å². The van der Waals surface area contributed by atoms with Crippen LogP contribution in [0.4, 0.5) is 20.2 Å². The number of carboxylic acid groups (broad SMARTS) is 1. The molecule has 0 saturated heterocycles. The van der Waals surface area contributed by atoms with E-state index in [1.165, 1.54) is 0 Å². The molecule has 0 heterocycles. The van der Waals surface area contributed by atoms with Crippen LogP contribution in [0, 0.1) is 27.7 Å². The van der Waals surface area contributed by atoms with E-state index < -0.39 is 28.2 Å². The molecule has 2 N–H and O–H groups in total. The normalized spacial score (nSPS) is 22.5. The predicted molar refractivity (Wildman–Crippen MR) is 85.4 cm³/mol. The van der Waals surface area contributed by atoms with Gasteiger partial charge in [0.05, 0.1) is 23.6 Å². The SMILES string of the molecule is O=C(O)CN(CC1CC1)C1CC(Nc2c(F)cc([N+](=O)[O-])cc2F)C1. The summed E-state index contributed by atoms with van der Waals surface area (Å²) in [5, 5.41) is 22.4. The molecule has 2 aliphatic carbocycles. The van der Waals surface area contributed by atoms with E-state index in [0.29, 0.717) is 30.9 Å². The molecule has 0 bridgehead atoms. The third-order valence-corrected chi connectivity index (χ3v) is 4.74. The smallest absolute Gasteiger partial charge is 0.317 e. The molecule has 1 aromatic rings. The predicted octanol–water partition coefficient (Wildman–Crippen LogP) is 2.61. The summed E-state index contributed by atoms with van der Waals surface area (Å²) in [5.74, 6) is -2.34. The van der Waals surface area contributed by atoms with Gasteiger partial charge in [-0.15, -0.1) is 0 Å². The lowest BCUT2D eigenvalue weighted by molar-refractivity contribution is -0.385. The molecule has 7 nitrogen and oxygen atoms in total. The molecule has 0 radical (unpaired) electrons. The first-order chi connectivity index (χ1) is 11.8. The Labute approximate surface area is 142 Å². The maximum Gasteiger partial charge on any atom is 0.317 e. The molecule has 136 valence electrons. The number of hydrogen-bond acceptors (Lipinski definition) is 5. The minimum atomic E-state index is -1.00. The molecule has 3 rings (SSSR count). The van der Waals surface area contributed by atoms with Crippen molar-refractivity contribution < 1.29 is 23.6 Å². The number of nitrogens with one attached hydrogen (secondary N) is 1. The minimum Gasteiger partial charge on any atom is -0.480 e. The summed E-state index contributed by atoms with van der Waals surface area (Å²) in [7, 11) is 0. The first-order valence-corrected chi connectivity index (χ1v) is 8.19. The second kappa shape index (κ2) is 6.91. The molecule has 2 aliphatic rings. The van der Waals surface area contributed by atoms with E-state index in [0.717, 1.165) is 19.4 Å². The van der Waals surface area contributed by atoms with Crippen LogP contribution in [0.5, 0.6) is 0 Å². The number of nitro groups is 1. The fourth-order valence-corrected chi connectivity index (χ4v) is 3.16. The molecular formula is C16H19F2N3O4. The van der Waals surface area contributed by atoms with Gasteiger partial charge in [-0.05, 0) is 31.6 Å². The van der Waals surface area contributed by atoms with E-state index in [9.17, 15) is 23.7 Å². The summed E-state index contributed by atoms with van der Waals surface area (Å²) in [5.41, 5.74) is -1.01. The summed E-state index contributed by atoms with van der Waals surface area (Å²) in [6, 6.07) is 1.25. The van der Waals surface area contributed by atoms with E-state index in [1.807, 2.05) is 4.90 Å². The number of hydrogen-bond donors (Lipinski definition) is 2. The van der Waals surface area contributed by atoms with E-state index >= 15 is 0 Å². The number of anilines is 1. The fraction of sp³-hybridized carbons (Fsp3) is 0.562. The molecule has 0 atom stereocenters. The van der Waals surface area contributed by atoms with Crippen LogP contribution in [0.2, 0.25) is 0 Å². The Morgan fingerprint density at radius 1 is 1.32 bits per heavy atom. The number of halogens is 2. The topological polar surface area (TPSA) is 95.7 Å². The Bertz CT molecular complexity index is 667. The van der Waals surface area contributed by atoms with Crippen LogP contribution >= 0.6 is 0 Å². The van der Waals surface area contributed by atoms with Crippen molar-refractivity contribution in [1.82, 2.24) is 4.90 Å². The van der Waals surface area contributed by atoms with E-state index in [1.54, 1.807) is 0 Å². The molecule has 0 spiro atoms. The fourth-order valence-electron chi connectivity index (χ4n) is 3.16. The first kappa shape index (κ1) is 17.5. The van der Waals surface area contributed by atoms with Crippen molar-refractivity contribution in [2.45, 2.75) is 37.8 Å². The number of nitrogens with zero attached hydrogens (tertiary/aromatic N) is 2. The van der Waals surface area contributed by atoms with Crippen molar-refractivity contribution in [3.8, 4) is 0 Å². The second-order valence-corrected chi connectivity index (χ2v) is 6.77. The molecular weight excluding hydrogens is 336 g/mol. The minimum absolute atomic E-state index is 0.0336. The van der Waals surface area contributed by atoms with Crippen molar-refractivity contribution in [2.75, 3.05) is 18.4 Å². The first-order valence-electron chi connectivity index (χ1n) is 8.19. The average molecular weight is 355 g/mol. The van der Waals surface area contributed by atoms with Crippen molar-refractivity contribution in [1.29, 1.82) is 0 Å². The van der Waals surface area contributed by atoms with Crippen molar-refractivity contribution in [3.63, 3.8) is 0 Å². The van der Waals surface area contributed by atoms with Gasteiger partial charge in [-0.2, -0.15) is 0 Å². The van der Waals surface area contributed by atoms with Gasteiger partial charge in [0.25, 0.3) is 5.69 Å². The van der Waals surface area contributed by atoms with Crippen LogP contribution in [-0.2, 0) is 4.79 Å². The van der Waals surface area contributed by atoms with Crippen LogP contribution < -0.4 is 5.32 Å². The quantitative estimate of drug-likeness (QED) is 0.550. The van der Waals surface area contributed by atoms with Gasteiger partial charge in [-0.3, -0.25) is 19.8 Å². The van der Waals surface area contributed by atoms with Gasteiger partial charge in [0.15, 0.2) is 11.6 Å². The van der Waals surface area contributed by atoms with Crippen LogP contribution in [0.3, 0.4) is 0 Å². The average Bonchev–Trinajstić information content (AvgIpc) is 3.27. The van der Waals surface area contributed by atoms with E-state index in [4.69, 9.17) is 5.11 Å². The highest BCUT2D eigenvalue weighted by Gasteiger charge is 2.37. The number of nitro benzene ring substituents is 1. The lowest BCUT2D eigenvalue weighted by atomic mass is 9.85. The van der Waals surface area contributed by atoms with Crippen LogP contribution in [0.25, 0.3) is 0 Å². The zero-order valence-electron chi connectivity index (χ0n) is 13.5. The Morgan fingerprint density at radius 3 is 2.40 bits per heavy atom. The van der Waals surface area contributed by atoms with Crippen LogP contribution in [-0.4, -0.2) is 46.1 Å². The zero-order chi connectivity index (χ0) is 18.1. The van der Waals surface area contributed by atoms with Crippen LogP contribution in [0.15, 0.2) is 12.1 Å². The lowest BCUT2D eigenvalue weighted by Gasteiger charge is -2.43. The highest BCUT2D eigenvalue weighted by molar-refractivity contribution is 5.69. The molecule has 0 aromatic heterocycles. The van der Waals surface area contributed by atoms with Crippen molar-refractivity contribution >= 4 is 17.3 Å². The number of carboxylic acids is 1. The van der Waals surface area contributed by atoms with Gasteiger partial charge >= 0.3 is 5.97 Å². The summed E-state index contributed by atoms with van der Waals surface area (Å²) < 4.78 is 27.8. The van der Waals surface area contributed by atoms with Crippen molar-refractivity contribution in [2.24, 2.45) is 5.92 Å². The Balaban J connectivity index is 1.59. The molecule has 0 amide bonds. The molecule has 2 saturated carbocycles. The molecule has 0 aliphatic heterocycles. The molecule has 2 fully saturated rings. The number of carbonyl (C=O) groups is 1. The Hall–Kier alpha value is -2.29. The molecule has 1 aromatic carbocycles. The Morgan fingerprint density at radius 2 is 1.92 bits per heavy atom. The standard InChI is InChI=1S/C16H19F2N3O4/c17-13-5-12(21(24)25)6-14(18)16(13)19-10-3-11(4-10)20(8-15(22)23)7-9-1-2-9/h5-6,9-11,19H,1-4,7-8H2,(H,22,23). The Kier molecular flexibility index (Phi) is 4.85. The van der Waals surface area contributed by atoms with E-state index in [2.05, 4.69) is 5.32 Å². The molecule has 0 unspecified atom stereocenters. The number of non-ortho nitro benzene ring substituents is 1. The van der Waals surface area contributed by atoms with E-state index in [-0.39, 0.29) is 24.3 Å². The maximum atomic E-state index is 13.9. The third kappa shape index (κ3) is 4.22. The van der Waals surface area contributed by atoms with Gasteiger partial charge in [-0.1, -0.05) is 0 Å². The zero-order valence-corrected chi connectivity index (χ0v) is 13.5. The number of rotatable bonds is 8. The van der Waals surface area contributed by atoms with Gasteiger partial charge < -0.3 is 10.4 Å². The largest absolute Gasteiger partial charge is 0.480 e. The molecule has 25 heavy (non-hydrogen) atoms. The maximum absolute atomic E-state index is 13.9. The summed E-state index contributed by atoms with van der Waals surface area (Å²) in [4.78, 5) is 22.7. The summed E-state index contributed by atoms with van der Waals surface area (Å²) in [6.45, 7) is 0.706. The van der Waals surface area contributed by atoms with Crippen molar-refractivity contribution in [3.05, 3.63) is 33.9 Å². The summed E-state index contributed by atoms with van der Waals surface area (Å²) >= 11 is 0. The van der Waals surface area contributed by atoms with Gasteiger partial charge in [0.1, 0.15) is 5.69 Å². The highest BCUT2D eigenvalue weighted by atomic mass is 19.1. The third-order valence-electron chi connectivity index (χ3n) is 4.74. The van der Waals surface area contributed by atoms with Gasteiger partial charge in [0, 0.05) is 18.6 Å². The number of aliphatic carboxylic acids is 1.